The van der Waals surface area contributed by atoms with Crippen LogP contribution in [-0.4, -0.2) is 51.2 Å². The van der Waals surface area contributed by atoms with Gasteiger partial charge in [0.25, 0.3) is 16.0 Å². The van der Waals surface area contributed by atoms with Crippen LogP contribution in [0.25, 0.3) is 0 Å². The van der Waals surface area contributed by atoms with Crippen LogP contribution in [0.3, 0.4) is 0 Å². The molecule has 2 aliphatic heterocycles. The van der Waals surface area contributed by atoms with Crippen molar-refractivity contribution in [3.8, 4) is 0 Å². The van der Waals surface area contributed by atoms with Crippen molar-refractivity contribution in [1.29, 1.82) is 0 Å². The van der Waals surface area contributed by atoms with Gasteiger partial charge >= 0.3 is 0 Å². The molecule has 17 heavy (non-hydrogen) atoms. The number of nitrogens with one attached hydrogen (secondary N) is 1. The summed E-state index contributed by atoms with van der Waals surface area (Å²) in [5, 5.41) is 2.53. The third-order valence-corrected chi connectivity index (χ3v) is 3.13. The van der Waals surface area contributed by atoms with Crippen molar-refractivity contribution in [3.05, 3.63) is 0 Å². The Balaban J connectivity index is 2.18. The van der Waals surface area contributed by atoms with Gasteiger partial charge in [-0.15, -0.1) is 0 Å². The first-order valence-corrected chi connectivity index (χ1v) is 7.01. The molecule has 0 aliphatic carbocycles. The lowest BCUT2D eigenvalue weighted by Crippen LogP contribution is -2.57. The van der Waals surface area contributed by atoms with Gasteiger partial charge in [-0.25, -0.2) is 0 Å². The molecule has 1 amide bonds. The number of hydrogen-bond acceptors (Lipinski definition) is 6. The first-order valence-electron chi connectivity index (χ1n) is 5.19. The first kappa shape index (κ1) is 12.7. The number of ether oxygens (including phenoxy) is 2. The van der Waals surface area contributed by atoms with Crippen LogP contribution in [0.5, 0.6) is 0 Å². The molecule has 0 aromatic heterocycles. The van der Waals surface area contributed by atoms with Crippen LogP contribution in [0.15, 0.2) is 0 Å². The highest BCUT2D eigenvalue weighted by atomic mass is 32.2. The minimum atomic E-state index is -3.60. The number of hydrogen-bond donors (Lipinski definition) is 1. The van der Waals surface area contributed by atoms with Crippen LogP contribution in [0.2, 0.25) is 0 Å². The molecule has 0 radical (unpaired) electrons. The quantitative estimate of drug-likeness (QED) is 0.643. The van der Waals surface area contributed by atoms with Crippen LogP contribution in [0, 0.1) is 0 Å². The lowest BCUT2D eigenvalue weighted by Gasteiger charge is -2.29. The Hall–Kier alpha value is -0.700. The molecule has 0 saturated carbocycles. The zero-order valence-electron chi connectivity index (χ0n) is 9.80. The second-order valence-electron chi connectivity index (χ2n) is 4.60. The van der Waals surface area contributed by atoms with E-state index in [1.807, 2.05) is 0 Å². The van der Waals surface area contributed by atoms with E-state index in [2.05, 4.69) is 5.32 Å². The standard InChI is InChI=1S/C9H15NO6S/c1-9(2)14-6-5(16-17(3,12)13)4-10-8(11)7(6)15-9/h5-7H,4H2,1-3H3,(H,10,11)/t5-,6-,7-/m1/s1. The average molecular weight is 265 g/mol. The fourth-order valence-corrected chi connectivity index (χ4v) is 2.62. The molecule has 2 saturated heterocycles. The van der Waals surface area contributed by atoms with E-state index in [0.717, 1.165) is 6.26 Å². The monoisotopic (exact) mass is 265 g/mol. The summed E-state index contributed by atoms with van der Waals surface area (Å²) in [5.41, 5.74) is 0. The van der Waals surface area contributed by atoms with E-state index in [1.165, 1.54) is 0 Å². The van der Waals surface area contributed by atoms with Crippen LogP contribution in [0.1, 0.15) is 13.8 Å². The zero-order valence-corrected chi connectivity index (χ0v) is 10.6. The minimum absolute atomic E-state index is 0.0898. The number of rotatable bonds is 2. The molecule has 2 aliphatic rings. The maximum Gasteiger partial charge on any atom is 0.264 e. The Morgan fingerprint density at radius 2 is 2.06 bits per heavy atom. The molecule has 0 bridgehead atoms. The zero-order chi connectivity index (χ0) is 12.8. The maximum absolute atomic E-state index is 11.6. The van der Waals surface area contributed by atoms with Gasteiger partial charge in [0.1, 0.15) is 12.2 Å². The predicted molar refractivity (Wildman–Crippen MR) is 56.6 cm³/mol. The molecule has 0 spiro atoms. The van der Waals surface area contributed by atoms with E-state index < -0.39 is 34.2 Å². The van der Waals surface area contributed by atoms with Crippen molar-refractivity contribution in [2.75, 3.05) is 12.8 Å². The number of amides is 1. The second kappa shape index (κ2) is 3.91. The molecule has 3 atom stereocenters. The molecule has 98 valence electrons. The van der Waals surface area contributed by atoms with Gasteiger partial charge in [0.2, 0.25) is 0 Å². The molecular weight excluding hydrogens is 250 g/mol. The summed E-state index contributed by atoms with van der Waals surface area (Å²) in [4.78, 5) is 11.6. The molecule has 8 heteroatoms. The summed E-state index contributed by atoms with van der Waals surface area (Å²) in [5.74, 6) is -1.23. The van der Waals surface area contributed by atoms with Gasteiger partial charge in [-0.3, -0.25) is 8.98 Å². The Morgan fingerprint density at radius 1 is 1.41 bits per heavy atom. The summed E-state index contributed by atoms with van der Waals surface area (Å²) in [7, 11) is -3.60. The Labute approximate surface area is 99.5 Å². The van der Waals surface area contributed by atoms with E-state index in [-0.39, 0.29) is 12.5 Å². The fourth-order valence-electron chi connectivity index (χ4n) is 1.99. The van der Waals surface area contributed by atoms with E-state index in [4.69, 9.17) is 13.7 Å². The van der Waals surface area contributed by atoms with Crippen LogP contribution in [-0.2, 0) is 28.6 Å². The second-order valence-corrected chi connectivity index (χ2v) is 6.21. The molecule has 0 aromatic rings. The Bertz CT molecular complexity index is 431. The van der Waals surface area contributed by atoms with Crippen LogP contribution < -0.4 is 5.32 Å². The van der Waals surface area contributed by atoms with Gasteiger partial charge in [0.05, 0.1) is 6.26 Å². The smallest absolute Gasteiger partial charge is 0.264 e. The first-order chi connectivity index (χ1) is 7.68. The molecule has 1 N–H and O–H groups in total. The average Bonchev–Trinajstić information content (AvgIpc) is 2.45. The summed E-state index contributed by atoms with van der Waals surface area (Å²) in [6, 6.07) is 0. The van der Waals surface area contributed by atoms with E-state index in [9.17, 15) is 13.2 Å². The third-order valence-electron chi connectivity index (χ3n) is 2.53. The van der Waals surface area contributed by atoms with Gasteiger partial charge < -0.3 is 14.8 Å². The summed E-state index contributed by atoms with van der Waals surface area (Å²) >= 11 is 0. The highest BCUT2D eigenvalue weighted by Crippen LogP contribution is 2.33. The van der Waals surface area contributed by atoms with Crippen molar-refractivity contribution in [2.24, 2.45) is 0 Å². The van der Waals surface area contributed by atoms with Gasteiger partial charge in [-0.1, -0.05) is 0 Å². The summed E-state index contributed by atoms with van der Waals surface area (Å²) < 4.78 is 38.0. The SMILES string of the molecule is CC1(C)O[C@@H]2[C@H](OS(C)(=O)=O)CNC(=O)[C@@H]2O1. The molecule has 2 fully saturated rings. The summed E-state index contributed by atoms with van der Waals surface area (Å²) in [6.45, 7) is 3.42. The third kappa shape index (κ3) is 2.76. The number of carbonyl (C=O) groups excluding carboxylic acids is 1. The number of carbonyl (C=O) groups is 1. The van der Waals surface area contributed by atoms with Crippen molar-refractivity contribution in [3.63, 3.8) is 0 Å². The molecule has 2 heterocycles. The van der Waals surface area contributed by atoms with Gasteiger partial charge in [0.15, 0.2) is 11.9 Å². The highest BCUT2D eigenvalue weighted by Gasteiger charge is 2.52. The Morgan fingerprint density at radius 3 is 2.65 bits per heavy atom. The largest absolute Gasteiger partial charge is 0.351 e. The van der Waals surface area contributed by atoms with Gasteiger partial charge in [0, 0.05) is 6.54 Å². The maximum atomic E-state index is 11.6. The topological polar surface area (TPSA) is 90.9 Å². The molecule has 0 aromatic carbocycles. The minimum Gasteiger partial charge on any atom is -0.351 e. The van der Waals surface area contributed by atoms with Crippen LogP contribution >= 0.6 is 0 Å². The molecule has 7 nitrogen and oxygen atoms in total. The van der Waals surface area contributed by atoms with Crippen molar-refractivity contribution >= 4 is 16.0 Å². The van der Waals surface area contributed by atoms with Crippen molar-refractivity contribution < 1.29 is 26.9 Å². The highest BCUT2D eigenvalue weighted by molar-refractivity contribution is 7.86. The normalized spacial score (nSPS) is 36.4. The summed E-state index contributed by atoms with van der Waals surface area (Å²) in [6.07, 6.45) is -1.33. The van der Waals surface area contributed by atoms with E-state index in [0.29, 0.717) is 0 Å². The van der Waals surface area contributed by atoms with Gasteiger partial charge in [-0.2, -0.15) is 8.42 Å². The number of fused-ring (bicyclic) bond motifs is 1. The Kier molecular flexibility index (Phi) is 2.93. The number of piperidine rings is 1. The lowest BCUT2D eigenvalue weighted by atomic mass is 10.0. The lowest BCUT2D eigenvalue weighted by molar-refractivity contribution is -0.155. The van der Waals surface area contributed by atoms with Crippen molar-refractivity contribution in [2.45, 2.75) is 37.9 Å². The molecular formula is C9H15NO6S. The fraction of sp³-hybridized carbons (Fsp3) is 0.889. The molecule has 2 rings (SSSR count). The van der Waals surface area contributed by atoms with Crippen molar-refractivity contribution in [1.82, 2.24) is 5.32 Å². The van der Waals surface area contributed by atoms with E-state index >= 15 is 0 Å². The molecule has 0 unspecified atom stereocenters. The van der Waals surface area contributed by atoms with Gasteiger partial charge in [-0.05, 0) is 13.8 Å². The predicted octanol–water partition coefficient (Wildman–Crippen LogP) is -1.02. The van der Waals surface area contributed by atoms with E-state index in [1.54, 1.807) is 13.8 Å². The van der Waals surface area contributed by atoms with Crippen LogP contribution in [0.4, 0.5) is 0 Å².